The number of urea groups is 1. The van der Waals surface area contributed by atoms with Gasteiger partial charge in [0.25, 0.3) is 5.91 Å². The topological polar surface area (TPSA) is 91.2 Å². The first-order valence-electron chi connectivity index (χ1n) is 10.2. The van der Waals surface area contributed by atoms with E-state index in [2.05, 4.69) is 5.32 Å². The van der Waals surface area contributed by atoms with E-state index in [9.17, 15) is 18.0 Å². The Kier molecular flexibility index (Phi) is 4.95. The quantitative estimate of drug-likeness (QED) is 0.648. The van der Waals surface area contributed by atoms with Crippen molar-refractivity contribution in [3.05, 3.63) is 29.3 Å². The molecule has 2 saturated heterocycles. The Morgan fingerprint density at radius 3 is 2.38 bits per heavy atom. The van der Waals surface area contributed by atoms with Gasteiger partial charge in [-0.15, -0.1) is 0 Å². The van der Waals surface area contributed by atoms with Gasteiger partial charge in [0, 0.05) is 0 Å². The number of nitrogens with one attached hydrogen (secondary N) is 2. The Morgan fingerprint density at radius 2 is 1.79 bits per heavy atom. The minimum Gasteiger partial charge on any atom is -0.323 e. The van der Waals surface area contributed by atoms with Crippen molar-refractivity contribution in [1.29, 1.82) is 0 Å². The fourth-order valence-corrected chi connectivity index (χ4v) is 5.77. The maximum absolute atomic E-state index is 13.0. The van der Waals surface area contributed by atoms with E-state index in [4.69, 9.17) is 0 Å². The molecule has 0 spiro atoms. The van der Waals surface area contributed by atoms with Gasteiger partial charge in [0.2, 0.25) is 10.0 Å². The molecule has 0 radical (unpaired) electrons. The molecule has 0 unspecified atom stereocenters. The highest BCUT2D eigenvalue weighted by molar-refractivity contribution is 7.89. The van der Waals surface area contributed by atoms with Crippen molar-refractivity contribution < 1.29 is 22.9 Å². The van der Waals surface area contributed by atoms with Crippen LogP contribution in [0.4, 0.5) is 4.79 Å². The maximum atomic E-state index is 13.0. The molecule has 3 aliphatic rings. The molecule has 1 aromatic rings. The average Bonchev–Trinajstić information content (AvgIpc) is 3.50. The SMILES string of the molecule is Cc1ccc(S(=O)(=O)N2CC[NH+](CN3C(=O)N[C@@](C)(C4CC4)C3=O)CC2)cc1C. The summed E-state index contributed by atoms with van der Waals surface area (Å²) in [6.45, 7) is 7.81. The van der Waals surface area contributed by atoms with Crippen LogP contribution in [-0.2, 0) is 14.8 Å². The molecule has 0 aromatic heterocycles. The third kappa shape index (κ3) is 3.55. The molecule has 1 saturated carbocycles. The average molecular weight is 422 g/mol. The van der Waals surface area contributed by atoms with Crippen molar-refractivity contribution in [2.45, 2.75) is 44.0 Å². The van der Waals surface area contributed by atoms with Crippen LogP contribution in [-0.4, -0.2) is 67.9 Å². The summed E-state index contributed by atoms with van der Waals surface area (Å²) >= 11 is 0. The predicted molar refractivity (Wildman–Crippen MR) is 107 cm³/mol. The Bertz CT molecular complexity index is 951. The van der Waals surface area contributed by atoms with Crippen LogP contribution in [0, 0.1) is 19.8 Å². The van der Waals surface area contributed by atoms with Crippen molar-refractivity contribution in [3.63, 3.8) is 0 Å². The Hall–Kier alpha value is -1.97. The summed E-state index contributed by atoms with van der Waals surface area (Å²) in [6, 6.07) is 4.87. The molecule has 3 amide bonds. The molecule has 9 heteroatoms. The van der Waals surface area contributed by atoms with Crippen molar-refractivity contribution >= 4 is 22.0 Å². The minimum atomic E-state index is -3.53. The smallest absolute Gasteiger partial charge is 0.323 e. The molecule has 8 nitrogen and oxygen atoms in total. The lowest BCUT2D eigenvalue weighted by Gasteiger charge is -2.33. The summed E-state index contributed by atoms with van der Waals surface area (Å²) in [5.41, 5.74) is 1.24. The number of sulfonamides is 1. The first-order chi connectivity index (χ1) is 13.6. The van der Waals surface area contributed by atoms with Gasteiger partial charge in [-0.2, -0.15) is 4.31 Å². The number of carbonyl (C=O) groups is 2. The number of piperazine rings is 1. The summed E-state index contributed by atoms with van der Waals surface area (Å²) < 4.78 is 27.4. The molecular weight excluding hydrogens is 392 g/mol. The van der Waals surface area contributed by atoms with Gasteiger partial charge < -0.3 is 10.2 Å². The van der Waals surface area contributed by atoms with E-state index in [1.165, 1.54) is 9.21 Å². The van der Waals surface area contributed by atoms with E-state index >= 15 is 0 Å². The van der Waals surface area contributed by atoms with Crippen LogP contribution in [0.3, 0.4) is 0 Å². The minimum absolute atomic E-state index is 0.150. The lowest BCUT2D eigenvalue weighted by atomic mass is 9.96. The summed E-state index contributed by atoms with van der Waals surface area (Å²) in [5.74, 6) is 0.0848. The van der Waals surface area contributed by atoms with Crippen LogP contribution >= 0.6 is 0 Å². The van der Waals surface area contributed by atoms with Gasteiger partial charge in [-0.3, -0.25) is 4.79 Å². The van der Waals surface area contributed by atoms with Crippen LogP contribution in [0.15, 0.2) is 23.1 Å². The second-order valence-corrected chi connectivity index (χ2v) is 10.6. The highest BCUT2D eigenvalue weighted by atomic mass is 32.2. The first-order valence-corrected chi connectivity index (χ1v) is 11.6. The van der Waals surface area contributed by atoms with Gasteiger partial charge in [-0.05, 0) is 62.8 Å². The van der Waals surface area contributed by atoms with Crippen LogP contribution in [0.5, 0.6) is 0 Å². The third-order valence-corrected chi connectivity index (χ3v) is 8.52. The second kappa shape index (κ2) is 7.07. The highest BCUT2D eigenvalue weighted by Gasteiger charge is 2.56. The monoisotopic (exact) mass is 421 g/mol. The fourth-order valence-electron chi connectivity index (χ4n) is 4.24. The fraction of sp³-hybridized carbons (Fsp3) is 0.600. The summed E-state index contributed by atoms with van der Waals surface area (Å²) in [4.78, 5) is 27.8. The van der Waals surface area contributed by atoms with E-state index in [0.29, 0.717) is 31.1 Å². The number of rotatable bonds is 5. The van der Waals surface area contributed by atoms with Crippen molar-refractivity contribution in [1.82, 2.24) is 14.5 Å². The summed E-state index contributed by atoms with van der Waals surface area (Å²) in [7, 11) is -3.53. The molecule has 29 heavy (non-hydrogen) atoms. The molecule has 1 aliphatic carbocycles. The van der Waals surface area contributed by atoms with Crippen LogP contribution < -0.4 is 10.2 Å². The number of imide groups is 1. The lowest BCUT2D eigenvalue weighted by molar-refractivity contribution is -0.910. The molecule has 4 rings (SSSR count). The van der Waals surface area contributed by atoms with E-state index in [0.717, 1.165) is 28.9 Å². The number of carbonyl (C=O) groups excluding carboxylic acids is 2. The van der Waals surface area contributed by atoms with Gasteiger partial charge in [0.05, 0.1) is 31.1 Å². The highest BCUT2D eigenvalue weighted by Crippen LogP contribution is 2.42. The number of nitrogens with zero attached hydrogens (tertiary/aromatic N) is 2. The molecule has 1 aromatic carbocycles. The number of benzene rings is 1. The van der Waals surface area contributed by atoms with Crippen LogP contribution in [0.25, 0.3) is 0 Å². The molecular formula is C20H29N4O4S+. The van der Waals surface area contributed by atoms with Crippen LogP contribution in [0.1, 0.15) is 30.9 Å². The van der Waals surface area contributed by atoms with E-state index in [-0.39, 0.29) is 24.5 Å². The zero-order chi connectivity index (χ0) is 21.0. The van der Waals surface area contributed by atoms with Gasteiger partial charge >= 0.3 is 6.03 Å². The number of hydrogen-bond donors (Lipinski definition) is 2. The van der Waals surface area contributed by atoms with Gasteiger partial charge in [-0.1, -0.05) is 6.07 Å². The third-order valence-electron chi connectivity index (χ3n) is 6.62. The molecule has 2 aliphatic heterocycles. The Morgan fingerprint density at radius 1 is 1.14 bits per heavy atom. The number of amides is 3. The van der Waals surface area contributed by atoms with Gasteiger partial charge in [0.1, 0.15) is 5.54 Å². The molecule has 1 atom stereocenters. The molecule has 0 bridgehead atoms. The Balaban J connectivity index is 1.39. The molecule has 3 fully saturated rings. The molecule has 158 valence electrons. The predicted octanol–water partition coefficient (Wildman–Crippen LogP) is -0.129. The zero-order valence-electron chi connectivity index (χ0n) is 17.2. The molecule has 2 heterocycles. The normalized spacial score (nSPS) is 26.8. The van der Waals surface area contributed by atoms with E-state index in [1.807, 2.05) is 26.8 Å². The first kappa shape index (κ1) is 20.3. The van der Waals surface area contributed by atoms with Crippen LogP contribution in [0.2, 0.25) is 0 Å². The second-order valence-electron chi connectivity index (χ2n) is 8.70. The Labute approximate surface area is 171 Å². The van der Waals surface area contributed by atoms with Crippen molar-refractivity contribution in [2.75, 3.05) is 32.8 Å². The molecule has 2 N–H and O–H groups in total. The standard InChI is InChI=1S/C20H28N4O4S/c1-14-4-7-17(12-15(14)2)29(27,28)23-10-8-22(9-11-23)13-24-18(25)20(3,16-5-6-16)21-19(24)26/h4,7,12,16H,5-6,8-11,13H2,1-3H3,(H,21,26)/p+1/t20-/m0/s1. The lowest BCUT2D eigenvalue weighted by Crippen LogP contribution is -3.16. The number of aryl methyl sites for hydroxylation is 2. The van der Waals surface area contributed by atoms with Crippen molar-refractivity contribution in [3.8, 4) is 0 Å². The van der Waals surface area contributed by atoms with E-state index in [1.54, 1.807) is 12.1 Å². The van der Waals surface area contributed by atoms with E-state index < -0.39 is 15.6 Å². The van der Waals surface area contributed by atoms with Gasteiger partial charge in [-0.25, -0.2) is 18.1 Å². The maximum Gasteiger partial charge on any atom is 0.329 e. The number of hydrogen-bond acceptors (Lipinski definition) is 4. The van der Waals surface area contributed by atoms with Gasteiger partial charge in [0.15, 0.2) is 6.67 Å². The summed E-state index contributed by atoms with van der Waals surface area (Å²) in [6.07, 6.45) is 1.94. The zero-order valence-corrected chi connectivity index (χ0v) is 18.0. The number of quaternary nitrogens is 1. The van der Waals surface area contributed by atoms with Crippen molar-refractivity contribution in [2.24, 2.45) is 5.92 Å². The summed E-state index contributed by atoms with van der Waals surface area (Å²) in [5, 5.41) is 2.86. The largest absolute Gasteiger partial charge is 0.329 e.